The van der Waals surface area contributed by atoms with Crippen molar-refractivity contribution in [1.29, 1.82) is 0 Å². The normalized spacial score (nSPS) is 12.5. The van der Waals surface area contributed by atoms with Gasteiger partial charge >= 0.3 is 0 Å². The third-order valence-corrected chi connectivity index (χ3v) is 1.84. The molecule has 2 nitrogen and oxygen atoms in total. The van der Waals surface area contributed by atoms with Gasteiger partial charge in [-0.05, 0) is 32.8 Å². The maximum atomic E-state index is 11.5. The highest BCUT2D eigenvalue weighted by molar-refractivity contribution is 6.07. The Hall–Kier alpha value is -0.920. The minimum absolute atomic E-state index is 0.0440. The van der Waals surface area contributed by atoms with E-state index in [0.717, 1.165) is 5.57 Å². The van der Waals surface area contributed by atoms with Gasteiger partial charge in [-0.25, -0.2) is 0 Å². The van der Waals surface area contributed by atoms with E-state index in [9.17, 15) is 9.59 Å². The largest absolute Gasteiger partial charge is 0.299 e. The predicted molar refractivity (Wildman–Crippen MR) is 53.4 cm³/mol. The smallest absolute Gasteiger partial charge is 0.166 e. The first kappa shape index (κ1) is 12.1. The maximum absolute atomic E-state index is 11.5. The Morgan fingerprint density at radius 2 is 1.54 bits per heavy atom. The number of hydrogen-bond donors (Lipinski definition) is 0. The molecule has 0 aromatic heterocycles. The summed E-state index contributed by atoms with van der Waals surface area (Å²) in [6.07, 6.45) is 1.55. The van der Waals surface area contributed by atoms with Gasteiger partial charge in [0.15, 0.2) is 5.78 Å². The molecule has 0 aromatic rings. The number of hydrogen-bond acceptors (Lipinski definition) is 2. The molecule has 0 amide bonds. The van der Waals surface area contributed by atoms with Crippen molar-refractivity contribution in [3.8, 4) is 0 Å². The lowest BCUT2D eigenvalue weighted by Crippen LogP contribution is -2.25. The first-order chi connectivity index (χ1) is 5.86. The van der Waals surface area contributed by atoms with E-state index in [1.54, 1.807) is 6.08 Å². The van der Waals surface area contributed by atoms with Crippen LogP contribution in [-0.2, 0) is 9.59 Å². The van der Waals surface area contributed by atoms with Crippen LogP contribution in [0, 0.1) is 11.8 Å². The van der Waals surface area contributed by atoms with Crippen LogP contribution in [0.3, 0.4) is 0 Å². The summed E-state index contributed by atoms with van der Waals surface area (Å²) in [6.45, 7) is 8.97. The molecule has 1 unspecified atom stereocenters. The third kappa shape index (κ3) is 4.02. The van der Waals surface area contributed by atoms with Crippen molar-refractivity contribution in [2.75, 3.05) is 0 Å². The average molecular weight is 182 g/mol. The molecule has 0 rings (SSSR count). The average Bonchev–Trinajstić information content (AvgIpc) is 1.81. The van der Waals surface area contributed by atoms with E-state index in [2.05, 4.69) is 0 Å². The molecule has 0 aliphatic carbocycles. The molecule has 1 atom stereocenters. The highest BCUT2D eigenvalue weighted by Gasteiger charge is 2.24. The molecule has 0 aliphatic rings. The Bertz CT molecular complexity index is 232. The van der Waals surface area contributed by atoms with E-state index in [1.165, 1.54) is 6.92 Å². The molecule has 0 aromatic carbocycles. The van der Waals surface area contributed by atoms with Crippen LogP contribution in [0.2, 0.25) is 0 Å². The number of Topliss-reactive ketones (excluding diaryl/α,β-unsaturated/α-hetero) is 1. The van der Waals surface area contributed by atoms with E-state index in [1.807, 2.05) is 27.7 Å². The summed E-state index contributed by atoms with van der Waals surface area (Å²) in [6, 6.07) is 0. The molecule has 0 spiro atoms. The molecule has 0 N–H and O–H groups in total. The zero-order chi connectivity index (χ0) is 10.6. The molecule has 0 aliphatic heterocycles. The van der Waals surface area contributed by atoms with Gasteiger partial charge in [0.05, 0.1) is 5.92 Å². The first-order valence-corrected chi connectivity index (χ1v) is 4.55. The molecular formula is C11H18O2. The number of carbonyl (C=O) groups is 2. The predicted octanol–water partition coefficient (Wildman–Crippen LogP) is 2.38. The van der Waals surface area contributed by atoms with Gasteiger partial charge in [-0.15, -0.1) is 0 Å². The fraction of sp³-hybridized carbons (Fsp3) is 0.636. The molecule has 0 bridgehead atoms. The summed E-state index contributed by atoms with van der Waals surface area (Å²) in [7, 11) is 0. The monoisotopic (exact) mass is 182 g/mol. The Morgan fingerprint density at radius 3 is 1.77 bits per heavy atom. The lowest BCUT2D eigenvalue weighted by molar-refractivity contribution is -0.130. The SMILES string of the molecule is CC(=O)C(C(=O)C=C(C)C)C(C)C. The summed E-state index contributed by atoms with van der Waals surface area (Å²) < 4.78 is 0. The van der Waals surface area contributed by atoms with Crippen molar-refractivity contribution >= 4 is 11.6 Å². The standard InChI is InChI=1S/C11H18O2/c1-7(2)6-10(13)11(8(3)4)9(5)12/h6,8,11H,1-5H3. The van der Waals surface area contributed by atoms with Crippen LogP contribution in [-0.4, -0.2) is 11.6 Å². The van der Waals surface area contributed by atoms with Gasteiger partial charge in [-0.3, -0.25) is 9.59 Å². The molecule has 0 saturated carbocycles. The number of rotatable bonds is 4. The second-order valence-corrected chi connectivity index (χ2v) is 3.96. The zero-order valence-electron chi connectivity index (χ0n) is 9.05. The minimum Gasteiger partial charge on any atom is -0.299 e. The van der Waals surface area contributed by atoms with Gasteiger partial charge in [-0.1, -0.05) is 19.4 Å². The molecule has 74 valence electrons. The summed E-state index contributed by atoms with van der Waals surface area (Å²) >= 11 is 0. The minimum atomic E-state index is -0.463. The van der Waals surface area contributed by atoms with E-state index >= 15 is 0 Å². The molecule has 13 heavy (non-hydrogen) atoms. The Morgan fingerprint density at radius 1 is 1.08 bits per heavy atom. The second kappa shape index (κ2) is 4.95. The maximum Gasteiger partial charge on any atom is 0.166 e. The van der Waals surface area contributed by atoms with E-state index in [4.69, 9.17) is 0 Å². The van der Waals surface area contributed by atoms with Crippen molar-refractivity contribution < 1.29 is 9.59 Å². The molecule has 0 saturated heterocycles. The van der Waals surface area contributed by atoms with Crippen LogP contribution in [0.1, 0.15) is 34.6 Å². The fourth-order valence-electron chi connectivity index (χ4n) is 1.37. The van der Waals surface area contributed by atoms with Crippen LogP contribution in [0.15, 0.2) is 11.6 Å². The van der Waals surface area contributed by atoms with Gasteiger partial charge in [-0.2, -0.15) is 0 Å². The summed E-state index contributed by atoms with van der Waals surface area (Å²) in [5.74, 6) is -0.490. The number of carbonyl (C=O) groups excluding carboxylic acids is 2. The van der Waals surface area contributed by atoms with Crippen molar-refractivity contribution in [2.24, 2.45) is 11.8 Å². The molecule has 0 heterocycles. The fourth-order valence-corrected chi connectivity index (χ4v) is 1.37. The lowest BCUT2D eigenvalue weighted by atomic mass is 9.87. The molecule has 0 radical (unpaired) electrons. The van der Waals surface area contributed by atoms with E-state index in [0.29, 0.717) is 0 Å². The topological polar surface area (TPSA) is 34.1 Å². The summed E-state index contributed by atoms with van der Waals surface area (Å²) in [5.41, 5.74) is 0.942. The van der Waals surface area contributed by atoms with Crippen molar-refractivity contribution in [2.45, 2.75) is 34.6 Å². The first-order valence-electron chi connectivity index (χ1n) is 4.55. The summed E-state index contributed by atoms with van der Waals surface area (Å²) in [4.78, 5) is 22.7. The molecule has 0 fully saturated rings. The van der Waals surface area contributed by atoms with Crippen LogP contribution < -0.4 is 0 Å². The van der Waals surface area contributed by atoms with Crippen LogP contribution in [0.5, 0.6) is 0 Å². The van der Waals surface area contributed by atoms with Crippen LogP contribution >= 0.6 is 0 Å². The van der Waals surface area contributed by atoms with Gasteiger partial charge in [0.2, 0.25) is 0 Å². The molecule has 2 heteroatoms. The molecular weight excluding hydrogens is 164 g/mol. The van der Waals surface area contributed by atoms with Crippen LogP contribution in [0.25, 0.3) is 0 Å². The van der Waals surface area contributed by atoms with Gasteiger partial charge in [0.25, 0.3) is 0 Å². The quantitative estimate of drug-likeness (QED) is 0.494. The number of ketones is 2. The Kier molecular flexibility index (Phi) is 4.60. The second-order valence-electron chi connectivity index (χ2n) is 3.96. The zero-order valence-corrected chi connectivity index (χ0v) is 9.05. The highest BCUT2D eigenvalue weighted by atomic mass is 16.1. The third-order valence-electron chi connectivity index (χ3n) is 1.84. The van der Waals surface area contributed by atoms with Gasteiger partial charge < -0.3 is 0 Å². The van der Waals surface area contributed by atoms with Crippen molar-refractivity contribution in [3.05, 3.63) is 11.6 Å². The lowest BCUT2D eigenvalue weighted by Gasteiger charge is -2.14. The Balaban J connectivity index is 4.67. The van der Waals surface area contributed by atoms with E-state index in [-0.39, 0.29) is 17.5 Å². The highest BCUT2D eigenvalue weighted by Crippen LogP contribution is 2.14. The number of allylic oxidation sites excluding steroid dienone is 2. The van der Waals surface area contributed by atoms with Crippen molar-refractivity contribution in [1.82, 2.24) is 0 Å². The van der Waals surface area contributed by atoms with Crippen LogP contribution in [0.4, 0.5) is 0 Å². The van der Waals surface area contributed by atoms with Gasteiger partial charge in [0.1, 0.15) is 5.78 Å². The summed E-state index contributed by atoms with van der Waals surface area (Å²) in [5, 5.41) is 0. The van der Waals surface area contributed by atoms with Gasteiger partial charge in [0, 0.05) is 0 Å². The van der Waals surface area contributed by atoms with Crippen molar-refractivity contribution in [3.63, 3.8) is 0 Å². The Labute approximate surface area is 80.0 Å². The van der Waals surface area contributed by atoms with E-state index < -0.39 is 5.92 Å².